The lowest BCUT2D eigenvalue weighted by atomic mass is 10.3. The largest absolute Gasteiger partial charge is 0.464 e. The van der Waals surface area contributed by atoms with Crippen molar-refractivity contribution in [1.29, 1.82) is 0 Å². The van der Waals surface area contributed by atoms with Gasteiger partial charge in [0.1, 0.15) is 12.0 Å². The molecule has 2 aliphatic heterocycles. The molecule has 190 valence electrons. The maximum Gasteiger partial charge on any atom is 0.262 e. The minimum Gasteiger partial charge on any atom is -0.464 e. The number of halogens is 1. The quantitative estimate of drug-likeness (QED) is 0.244. The first-order valence-corrected chi connectivity index (χ1v) is 15.9. The molecule has 0 saturated carbocycles. The molecule has 1 saturated heterocycles. The number of carbonyl (C=O) groups is 1. The second-order valence-electron chi connectivity index (χ2n) is 10.4. The van der Waals surface area contributed by atoms with Gasteiger partial charge >= 0.3 is 0 Å². The van der Waals surface area contributed by atoms with Crippen molar-refractivity contribution in [1.82, 2.24) is 19.7 Å². The minimum atomic E-state index is -1.17. The van der Waals surface area contributed by atoms with Crippen molar-refractivity contribution in [3.8, 4) is 11.4 Å². The summed E-state index contributed by atoms with van der Waals surface area (Å²) in [7, 11) is -1.17. The third kappa shape index (κ3) is 5.26. The van der Waals surface area contributed by atoms with E-state index in [0.717, 1.165) is 17.5 Å². The van der Waals surface area contributed by atoms with Crippen molar-refractivity contribution in [3.05, 3.63) is 54.2 Å². The Bertz CT molecular complexity index is 1230. The molecule has 5 heterocycles. The second-order valence-corrected chi connectivity index (χ2v) is 16.0. The second kappa shape index (κ2) is 9.98. The molecule has 0 unspecified atom stereocenters. The van der Waals surface area contributed by atoms with Crippen molar-refractivity contribution in [2.24, 2.45) is 0 Å². The highest BCUT2D eigenvalue weighted by Crippen LogP contribution is 2.34. The van der Waals surface area contributed by atoms with Crippen LogP contribution in [0, 0.1) is 0 Å². The Morgan fingerprint density at radius 2 is 2.06 bits per heavy atom. The zero-order valence-corrected chi connectivity index (χ0v) is 21.9. The van der Waals surface area contributed by atoms with Gasteiger partial charge < -0.3 is 14.4 Å². The molecule has 3 aromatic heterocycles. The Balaban J connectivity index is 1.24. The molecule has 0 radical (unpaired) electrons. The van der Waals surface area contributed by atoms with E-state index in [0.29, 0.717) is 55.4 Å². The minimum absolute atomic E-state index is 0.106. The molecule has 0 aliphatic carbocycles. The zero-order valence-electron chi connectivity index (χ0n) is 20.9. The van der Waals surface area contributed by atoms with Gasteiger partial charge in [-0.25, -0.2) is 14.1 Å². The maximum atomic E-state index is 13.5. The molecular weight excluding hydrogens is 479 g/mol. The van der Waals surface area contributed by atoms with E-state index in [9.17, 15) is 9.18 Å². The van der Waals surface area contributed by atoms with Crippen LogP contribution in [0.25, 0.3) is 5.69 Å². The number of alkyl halides is 1. The molecule has 11 heteroatoms. The number of rotatable bonds is 9. The number of pyridine rings is 2. The summed E-state index contributed by atoms with van der Waals surface area (Å²) in [6.45, 7) is 9.02. The Morgan fingerprint density at radius 1 is 1.19 bits per heavy atom. The van der Waals surface area contributed by atoms with Gasteiger partial charge in [-0.2, -0.15) is 5.10 Å². The molecule has 1 amide bonds. The SMILES string of the molecule is C[Si](C)(C)CCOCOc1cnccc1N1Cc2nn(-c3ccc(N4CC[C@@H](F)C4)nc3)cc2C1=O. The van der Waals surface area contributed by atoms with Gasteiger partial charge in [-0.1, -0.05) is 19.6 Å². The molecule has 2 aliphatic rings. The van der Waals surface area contributed by atoms with E-state index in [2.05, 4.69) is 34.7 Å². The summed E-state index contributed by atoms with van der Waals surface area (Å²) in [4.78, 5) is 25.4. The van der Waals surface area contributed by atoms with E-state index in [1.807, 2.05) is 17.0 Å². The molecule has 0 spiro atoms. The van der Waals surface area contributed by atoms with E-state index in [1.54, 1.807) is 40.4 Å². The van der Waals surface area contributed by atoms with Crippen LogP contribution >= 0.6 is 0 Å². The fourth-order valence-corrected chi connectivity index (χ4v) is 5.03. The Kier molecular flexibility index (Phi) is 6.76. The van der Waals surface area contributed by atoms with Crippen molar-refractivity contribution in [2.45, 2.75) is 44.8 Å². The zero-order chi connectivity index (χ0) is 25.3. The Morgan fingerprint density at radius 3 is 2.75 bits per heavy atom. The normalized spacial score (nSPS) is 17.7. The molecule has 1 atom stereocenters. The van der Waals surface area contributed by atoms with Crippen LogP contribution in [0.15, 0.2) is 43.0 Å². The average molecular weight is 511 g/mol. The summed E-state index contributed by atoms with van der Waals surface area (Å²) in [5.74, 6) is 1.09. The van der Waals surface area contributed by atoms with Crippen molar-refractivity contribution in [3.63, 3.8) is 0 Å². The highest BCUT2D eigenvalue weighted by atomic mass is 28.3. The summed E-state index contributed by atoms with van der Waals surface area (Å²) in [6.07, 6.45) is 6.38. The van der Waals surface area contributed by atoms with E-state index >= 15 is 0 Å². The number of amides is 1. The third-order valence-corrected chi connectivity index (χ3v) is 8.08. The molecule has 0 aromatic carbocycles. The van der Waals surface area contributed by atoms with Gasteiger partial charge in [0.2, 0.25) is 0 Å². The summed E-state index contributed by atoms with van der Waals surface area (Å²) in [5, 5.41) is 4.63. The molecule has 9 nitrogen and oxygen atoms in total. The lowest BCUT2D eigenvalue weighted by Crippen LogP contribution is -2.25. The van der Waals surface area contributed by atoms with Crippen LogP contribution in [0.1, 0.15) is 22.5 Å². The Labute approximate surface area is 210 Å². The van der Waals surface area contributed by atoms with E-state index < -0.39 is 14.2 Å². The number of ether oxygens (including phenoxy) is 2. The van der Waals surface area contributed by atoms with Gasteiger partial charge in [-0.15, -0.1) is 0 Å². The number of hydrogen-bond donors (Lipinski definition) is 0. The standard InChI is InChI=1S/C25H31FN6O3Si/c1-36(2,3)11-10-34-17-35-23-13-27-8-6-22(23)31-16-21-20(25(31)33)15-32(29-21)19-4-5-24(28-12-19)30-9-7-18(26)14-30/h4-6,8,12-13,15,18H,7,9-11,14,16-17H2,1-3H3/t18-/m1/s1. The van der Waals surface area contributed by atoms with Gasteiger partial charge in [0.25, 0.3) is 5.91 Å². The molecule has 0 bridgehead atoms. The smallest absolute Gasteiger partial charge is 0.262 e. The van der Waals surface area contributed by atoms with Crippen LogP contribution in [0.5, 0.6) is 5.75 Å². The number of aromatic nitrogens is 4. The van der Waals surface area contributed by atoms with Crippen molar-refractivity contribution in [2.75, 3.05) is 36.3 Å². The average Bonchev–Trinajstić information content (AvgIpc) is 3.55. The first-order chi connectivity index (χ1) is 17.3. The van der Waals surface area contributed by atoms with E-state index in [4.69, 9.17) is 9.47 Å². The van der Waals surface area contributed by atoms with E-state index in [1.165, 1.54) is 0 Å². The topological polar surface area (TPSA) is 85.6 Å². The van der Waals surface area contributed by atoms with E-state index in [-0.39, 0.29) is 12.7 Å². The fraction of sp³-hybridized carbons (Fsp3) is 0.440. The first kappa shape index (κ1) is 24.4. The third-order valence-electron chi connectivity index (χ3n) is 6.37. The number of hydrogen-bond acceptors (Lipinski definition) is 7. The molecule has 36 heavy (non-hydrogen) atoms. The number of anilines is 2. The van der Waals surface area contributed by atoms with Crippen LogP contribution in [0.4, 0.5) is 15.9 Å². The van der Waals surface area contributed by atoms with Crippen LogP contribution in [0.3, 0.4) is 0 Å². The van der Waals surface area contributed by atoms with Gasteiger partial charge in [0.05, 0.1) is 48.1 Å². The van der Waals surface area contributed by atoms with Gasteiger partial charge in [-0.05, 0) is 30.7 Å². The predicted molar refractivity (Wildman–Crippen MR) is 137 cm³/mol. The van der Waals surface area contributed by atoms with Crippen molar-refractivity contribution >= 4 is 25.5 Å². The molecule has 3 aromatic rings. The molecule has 0 N–H and O–H groups in total. The highest BCUT2D eigenvalue weighted by molar-refractivity contribution is 6.76. The summed E-state index contributed by atoms with van der Waals surface area (Å²) >= 11 is 0. The van der Waals surface area contributed by atoms with Gasteiger partial charge in [-0.3, -0.25) is 14.7 Å². The van der Waals surface area contributed by atoms with Crippen LogP contribution < -0.4 is 14.5 Å². The predicted octanol–water partition coefficient (Wildman–Crippen LogP) is 4.06. The summed E-state index contributed by atoms with van der Waals surface area (Å²) in [6, 6.07) is 6.56. The fourth-order valence-electron chi connectivity index (χ4n) is 4.27. The Hall–Kier alpha value is -3.31. The lowest BCUT2D eigenvalue weighted by Gasteiger charge is -2.20. The van der Waals surface area contributed by atoms with Gasteiger partial charge in [0, 0.05) is 33.6 Å². The first-order valence-electron chi connectivity index (χ1n) is 12.2. The maximum absolute atomic E-state index is 13.5. The number of carbonyl (C=O) groups excluding carboxylic acids is 1. The van der Waals surface area contributed by atoms with Crippen molar-refractivity contribution < 1.29 is 18.7 Å². The number of fused-ring (bicyclic) bond motifs is 1. The molecule has 5 rings (SSSR count). The summed E-state index contributed by atoms with van der Waals surface area (Å²) in [5.41, 5.74) is 2.59. The van der Waals surface area contributed by atoms with Crippen LogP contribution in [0.2, 0.25) is 25.7 Å². The summed E-state index contributed by atoms with van der Waals surface area (Å²) < 4.78 is 26.6. The van der Waals surface area contributed by atoms with Crippen LogP contribution in [-0.4, -0.2) is 66.4 Å². The van der Waals surface area contributed by atoms with Crippen LogP contribution in [-0.2, 0) is 11.3 Å². The highest BCUT2D eigenvalue weighted by Gasteiger charge is 2.33. The molecule has 1 fully saturated rings. The van der Waals surface area contributed by atoms with Gasteiger partial charge in [0.15, 0.2) is 12.5 Å². The monoisotopic (exact) mass is 510 g/mol. The number of nitrogens with zero attached hydrogens (tertiary/aromatic N) is 6. The lowest BCUT2D eigenvalue weighted by molar-refractivity contribution is 0.0220. The molecular formula is C25H31FN6O3Si.